The lowest BCUT2D eigenvalue weighted by Gasteiger charge is -2.05. The van der Waals surface area contributed by atoms with Gasteiger partial charge in [0.05, 0.1) is 11.6 Å². The lowest BCUT2D eigenvalue weighted by atomic mass is 10.0. The molecule has 0 aliphatic carbocycles. The second-order valence-corrected chi connectivity index (χ2v) is 3.73. The molecule has 0 spiro atoms. The molecule has 0 saturated heterocycles. The summed E-state index contributed by atoms with van der Waals surface area (Å²) in [5.74, 6) is -1.06. The van der Waals surface area contributed by atoms with E-state index in [0.717, 1.165) is 6.42 Å². The van der Waals surface area contributed by atoms with E-state index in [1.165, 1.54) is 18.4 Å². The highest BCUT2D eigenvalue weighted by molar-refractivity contribution is 5.78. The molecule has 16 heavy (non-hydrogen) atoms. The number of rotatable bonds is 4. The van der Waals surface area contributed by atoms with Gasteiger partial charge in [0.15, 0.2) is 0 Å². The molecule has 0 aliphatic heterocycles. The zero-order chi connectivity index (χ0) is 11.5. The topological polar surface area (TPSA) is 39.2 Å². The van der Waals surface area contributed by atoms with Gasteiger partial charge in [-0.3, -0.25) is 0 Å². The smallest absolute Gasteiger partial charge is 0.140 e. The summed E-state index contributed by atoms with van der Waals surface area (Å²) in [4.78, 5) is 0. The number of furan rings is 1. The van der Waals surface area contributed by atoms with Crippen molar-refractivity contribution in [2.45, 2.75) is 19.3 Å². The van der Waals surface area contributed by atoms with E-state index in [-0.39, 0.29) is 11.1 Å². The molecule has 0 bridgehead atoms. The molecular formula is C12H13F2NO. The van der Waals surface area contributed by atoms with E-state index in [2.05, 4.69) is 0 Å². The molecule has 2 aromatic rings. The van der Waals surface area contributed by atoms with Gasteiger partial charge in [0.25, 0.3) is 0 Å². The lowest BCUT2D eigenvalue weighted by molar-refractivity contribution is 0.548. The van der Waals surface area contributed by atoms with Crippen molar-refractivity contribution in [1.82, 2.24) is 0 Å². The molecule has 0 fully saturated rings. The average molecular weight is 225 g/mol. The van der Waals surface area contributed by atoms with Crippen LogP contribution < -0.4 is 5.73 Å². The van der Waals surface area contributed by atoms with Crippen LogP contribution in [-0.2, 0) is 6.42 Å². The lowest BCUT2D eigenvalue weighted by Crippen LogP contribution is -2.01. The summed E-state index contributed by atoms with van der Waals surface area (Å²) in [6.45, 7) is 0.539. The molecule has 2 rings (SSSR count). The van der Waals surface area contributed by atoms with Crippen molar-refractivity contribution in [3.8, 4) is 0 Å². The van der Waals surface area contributed by atoms with E-state index in [1.807, 2.05) is 0 Å². The van der Waals surface area contributed by atoms with Crippen LogP contribution in [0.3, 0.4) is 0 Å². The number of halogens is 2. The molecule has 0 saturated carbocycles. The van der Waals surface area contributed by atoms with E-state index in [9.17, 15) is 8.78 Å². The summed E-state index contributed by atoms with van der Waals surface area (Å²) in [5, 5.41) is 0.337. The number of unbranched alkanes of at least 4 members (excludes halogenated alkanes) is 1. The third-order valence-electron chi connectivity index (χ3n) is 2.62. The van der Waals surface area contributed by atoms with Crippen molar-refractivity contribution in [2.24, 2.45) is 5.73 Å². The third kappa shape index (κ3) is 1.93. The first-order chi connectivity index (χ1) is 7.74. The maximum absolute atomic E-state index is 13.9. The van der Waals surface area contributed by atoms with Gasteiger partial charge in [-0.25, -0.2) is 8.78 Å². The van der Waals surface area contributed by atoms with Gasteiger partial charge in [0.1, 0.15) is 17.2 Å². The number of benzene rings is 1. The summed E-state index contributed by atoms with van der Waals surface area (Å²) in [6, 6.07) is 2.74. The van der Waals surface area contributed by atoms with E-state index in [4.69, 9.17) is 10.2 Å². The summed E-state index contributed by atoms with van der Waals surface area (Å²) in [6.07, 6.45) is 3.18. The highest BCUT2D eigenvalue weighted by atomic mass is 19.1. The van der Waals surface area contributed by atoms with Crippen molar-refractivity contribution >= 4 is 11.0 Å². The van der Waals surface area contributed by atoms with Crippen LogP contribution in [0.25, 0.3) is 11.0 Å². The maximum atomic E-state index is 13.9. The molecule has 0 amide bonds. The average Bonchev–Trinajstić information content (AvgIpc) is 2.71. The predicted molar refractivity (Wildman–Crippen MR) is 58.1 cm³/mol. The Bertz CT molecular complexity index is 493. The Hall–Kier alpha value is -1.42. The van der Waals surface area contributed by atoms with E-state index in [0.29, 0.717) is 24.8 Å². The Morgan fingerprint density at radius 3 is 2.81 bits per heavy atom. The van der Waals surface area contributed by atoms with Gasteiger partial charge < -0.3 is 10.2 Å². The summed E-state index contributed by atoms with van der Waals surface area (Å²) >= 11 is 0. The van der Waals surface area contributed by atoms with Crippen LogP contribution >= 0.6 is 0 Å². The second-order valence-electron chi connectivity index (χ2n) is 3.73. The molecule has 1 aromatic carbocycles. The predicted octanol–water partition coefficient (Wildman–Crippen LogP) is 2.99. The molecule has 1 aromatic heterocycles. The summed E-state index contributed by atoms with van der Waals surface area (Å²) < 4.78 is 32.4. The Morgan fingerprint density at radius 2 is 2.06 bits per heavy atom. The monoisotopic (exact) mass is 225 g/mol. The molecule has 4 heteroatoms. The van der Waals surface area contributed by atoms with Gasteiger partial charge in [0, 0.05) is 11.6 Å². The summed E-state index contributed by atoms with van der Waals surface area (Å²) in [7, 11) is 0. The van der Waals surface area contributed by atoms with Crippen LogP contribution in [0.1, 0.15) is 18.4 Å². The minimum Gasteiger partial charge on any atom is -0.464 e. The zero-order valence-corrected chi connectivity index (χ0v) is 8.80. The van der Waals surface area contributed by atoms with E-state index >= 15 is 0 Å². The fraction of sp³-hybridized carbons (Fsp3) is 0.333. The number of hydrogen-bond donors (Lipinski definition) is 1. The second kappa shape index (κ2) is 4.61. The highest BCUT2D eigenvalue weighted by Crippen LogP contribution is 2.25. The van der Waals surface area contributed by atoms with Crippen LogP contribution in [0.2, 0.25) is 0 Å². The Labute approximate surface area is 92.0 Å². The fourth-order valence-corrected chi connectivity index (χ4v) is 1.76. The molecule has 2 nitrogen and oxygen atoms in total. The number of hydrogen-bond acceptors (Lipinski definition) is 2. The molecule has 0 radical (unpaired) electrons. The van der Waals surface area contributed by atoms with Crippen LogP contribution in [-0.4, -0.2) is 6.54 Å². The number of fused-ring (bicyclic) bond motifs is 1. The molecule has 0 aliphatic rings. The van der Waals surface area contributed by atoms with Gasteiger partial charge in [-0.15, -0.1) is 0 Å². The van der Waals surface area contributed by atoms with Crippen LogP contribution in [0.15, 0.2) is 22.8 Å². The van der Waals surface area contributed by atoms with Gasteiger partial charge in [-0.05, 0) is 31.9 Å². The first kappa shape index (κ1) is 11.1. The first-order valence-corrected chi connectivity index (χ1v) is 5.28. The van der Waals surface area contributed by atoms with Gasteiger partial charge >= 0.3 is 0 Å². The SMILES string of the molecule is NCCCCc1c(F)cc2occc2c1F. The Morgan fingerprint density at radius 1 is 1.25 bits per heavy atom. The molecule has 86 valence electrons. The van der Waals surface area contributed by atoms with Gasteiger partial charge in [0.2, 0.25) is 0 Å². The van der Waals surface area contributed by atoms with Crippen molar-refractivity contribution in [2.75, 3.05) is 6.54 Å². The fourth-order valence-electron chi connectivity index (χ4n) is 1.76. The first-order valence-electron chi connectivity index (χ1n) is 5.28. The van der Waals surface area contributed by atoms with E-state index in [1.54, 1.807) is 0 Å². The van der Waals surface area contributed by atoms with Crippen molar-refractivity contribution in [1.29, 1.82) is 0 Å². The quantitative estimate of drug-likeness (QED) is 0.812. The van der Waals surface area contributed by atoms with Crippen molar-refractivity contribution in [3.63, 3.8) is 0 Å². The highest BCUT2D eigenvalue weighted by Gasteiger charge is 2.14. The maximum Gasteiger partial charge on any atom is 0.140 e. The minimum atomic E-state index is -0.544. The van der Waals surface area contributed by atoms with Crippen LogP contribution in [0.5, 0.6) is 0 Å². The van der Waals surface area contributed by atoms with Crippen LogP contribution in [0, 0.1) is 11.6 Å². The molecule has 1 heterocycles. The standard InChI is InChI=1S/C12H13F2NO/c13-10-7-11-9(4-6-16-11)12(14)8(10)3-1-2-5-15/h4,6-7H,1-3,5,15H2. The normalized spacial score (nSPS) is 11.2. The Balaban J connectivity index is 2.35. The minimum absolute atomic E-state index is 0.127. The van der Waals surface area contributed by atoms with E-state index < -0.39 is 11.6 Å². The zero-order valence-electron chi connectivity index (χ0n) is 8.80. The Kier molecular flexibility index (Phi) is 3.19. The largest absolute Gasteiger partial charge is 0.464 e. The summed E-state index contributed by atoms with van der Waals surface area (Å²) in [5.41, 5.74) is 5.72. The molecule has 2 N–H and O–H groups in total. The van der Waals surface area contributed by atoms with Crippen molar-refractivity contribution < 1.29 is 13.2 Å². The van der Waals surface area contributed by atoms with Crippen molar-refractivity contribution in [3.05, 3.63) is 35.6 Å². The molecule has 0 atom stereocenters. The van der Waals surface area contributed by atoms with Gasteiger partial charge in [-0.2, -0.15) is 0 Å². The third-order valence-corrected chi connectivity index (χ3v) is 2.62. The number of nitrogens with two attached hydrogens (primary N) is 1. The molecular weight excluding hydrogens is 212 g/mol. The van der Waals surface area contributed by atoms with Gasteiger partial charge in [-0.1, -0.05) is 0 Å². The van der Waals surface area contributed by atoms with Crippen LogP contribution in [0.4, 0.5) is 8.78 Å². The molecule has 0 unspecified atom stereocenters.